The van der Waals surface area contributed by atoms with Crippen molar-refractivity contribution < 1.29 is 4.79 Å². The zero-order valence-electron chi connectivity index (χ0n) is 7.71. The van der Waals surface area contributed by atoms with Crippen molar-refractivity contribution in [1.29, 1.82) is 0 Å². The highest BCUT2D eigenvalue weighted by molar-refractivity contribution is 5.73. The quantitative estimate of drug-likeness (QED) is 0.589. The van der Waals surface area contributed by atoms with E-state index in [9.17, 15) is 4.79 Å². The summed E-state index contributed by atoms with van der Waals surface area (Å²) in [6.45, 7) is 0. The molecule has 68 valence electrons. The lowest BCUT2D eigenvalue weighted by atomic mass is 10.0. The molecule has 1 aliphatic rings. The maximum Gasteiger partial charge on any atom is 0.317 e. The van der Waals surface area contributed by atoms with Crippen molar-refractivity contribution >= 4 is 6.03 Å². The highest BCUT2D eigenvalue weighted by Crippen LogP contribution is 2.10. The monoisotopic (exact) mass is 168 g/mol. The molecule has 0 heterocycles. The summed E-state index contributed by atoms with van der Waals surface area (Å²) in [4.78, 5) is 12.8. The van der Waals surface area contributed by atoms with Gasteiger partial charge in [-0.05, 0) is 19.3 Å². The third kappa shape index (κ3) is 2.57. The van der Waals surface area contributed by atoms with Crippen molar-refractivity contribution in [3.8, 4) is 0 Å². The summed E-state index contributed by atoms with van der Waals surface area (Å²) in [6, 6.07) is 0.347. The van der Waals surface area contributed by atoms with Crippen LogP contribution in [0, 0.1) is 0 Å². The molecule has 0 aromatic rings. The van der Waals surface area contributed by atoms with Crippen LogP contribution in [0.15, 0.2) is 12.2 Å². The molecular weight excluding hydrogens is 152 g/mol. The van der Waals surface area contributed by atoms with Crippen molar-refractivity contribution in [2.75, 3.05) is 14.1 Å². The molecule has 0 saturated carbocycles. The number of nitrogens with zero attached hydrogens (tertiary/aromatic N) is 1. The third-order valence-electron chi connectivity index (χ3n) is 2.00. The SMILES string of the molecule is CN(C)C(=O)NC1CC=CCC1. The Morgan fingerprint density at radius 3 is 2.75 bits per heavy atom. The van der Waals surface area contributed by atoms with E-state index in [0.717, 1.165) is 19.3 Å². The topological polar surface area (TPSA) is 32.3 Å². The van der Waals surface area contributed by atoms with Gasteiger partial charge >= 0.3 is 6.03 Å². The molecule has 1 unspecified atom stereocenters. The Labute approximate surface area is 73.4 Å². The van der Waals surface area contributed by atoms with E-state index in [1.165, 1.54) is 0 Å². The van der Waals surface area contributed by atoms with Gasteiger partial charge in [0.15, 0.2) is 0 Å². The number of urea groups is 1. The number of carbonyl (C=O) groups excluding carboxylic acids is 1. The second kappa shape index (κ2) is 4.14. The first-order valence-corrected chi connectivity index (χ1v) is 4.33. The lowest BCUT2D eigenvalue weighted by Crippen LogP contribution is -2.41. The highest BCUT2D eigenvalue weighted by atomic mass is 16.2. The van der Waals surface area contributed by atoms with Crippen LogP contribution in [0.1, 0.15) is 19.3 Å². The number of hydrogen-bond donors (Lipinski definition) is 1. The summed E-state index contributed by atoms with van der Waals surface area (Å²) in [5, 5.41) is 2.95. The van der Waals surface area contributed by atoms with E-state index >= 15 is 0 Å². The van der Waals surface area contributed by atoms with Gasteiger partial charge in [0, 0.05) is 20.1 Å². The maximum atomic E-state index is 11.2. The van der Waals surface area contributed by atoms with E-state index < -0.39 is 0 Å². The van der Waals surface area contributed by atoms with E-state index in [-0.39, 0.29) is 6.03 Å². The maximum absolute atomic E-state index is 11.2. The summed E-state index contributed by atoms with van der Waals surface area (Å²) >= 11 is 0. The van der Waals surface area contributed by atoms with Gasteiger partial charge in [-0.15, -0.1) is 0 Å². The molecule has 1 rings (SSSR count). The van der Waals surface area contributed by atoms with Gasteiger partial charge in [0.2, 0.25) is 0 Å². The van der Waals surface area contributed by atoms with E-state index in [1.54, 1.807) is 19.0 Å². The minimum absolute atomic E-state index is 0.00954. The van der Waals surface area contributed by atoms with Crippen LogP contribution in [0.25, 0.3) is 0 Å². The average Bonchev–Trinajstić information content (AvgIpc) is 2.06. The molecule has 0 radical (unpaired) electrons. The number of amides is 2. The predicted molar refractivity (Wildman–Crippen MR) is 49.0 cm³/mol. The van der Waals surface area contributed by atoms with Crippen LogP contribution in [0.2, 0.25) is 0 Å². The molecule has 3 nitrogen and oxygen atoms in total. The number of rotatable bonds is 1. The first kappa shape index (κ1) is 9.10. The summed E-state index contributed by atoms with van der Waals surface area (Å²) in [5.41, 5.74) is 0. The molecule has 0 bridgehead atoms. The second-order valence-corrected chi connectivity index (χ2v) is 3.33. The lowest BCUT2D eigenvalue weighted by molar-refractivity contribution is 0.212. The van der Waals surface area contributed by atoms with Crippen LogP contribution in [0.5, 0.6) is 0 Å². The van der Waals surface area contributed by atoms with Crippen molar-refractivity contribution in [3.63, 3.8) is 0 Å². The van der Waals surface area contributed by atoms with Crippen LogP contribution >= 0.6 is 0 Å². The van der Waals surface area contributed by atoms with Crippen molar-refractivity contribution in [1.82, 2.24) is 10.2 Å². The van der Waals surface area contributed by atoms with Crippen molar-refractivity contribution in [3.05, 3.63) is 12.2 Å². The minimum Gasteiger partial charge on any atom is -0.335 e. The van der Waals surface area contributed by atoms with Gasteiger partial charge in [0.25, 0.3) is 0 Å². The largest absolute Gasteiger partial charge is 0.335 e. The Balaban J connectivity index is 2.31. The standard InChI is InChI=1S/C9H16N2O/c1-11(2)9(12)10-8-6-4-3-5-7-8/h3-4,8H,5-7H2,1-2H3,(H,10,12). The molecule has 0 spiro atoms. The summed E-state index contributed by atoms with van der Waals surface area (Å²) in [7, 11) is 3.52. The first-order chi connectivity index (χ1) is 5.70. The molecule has 0 saturated heterocycles. The molecule has 0 aromatic heterocycles. The number of carbonyl (C=O) groups is 1. The summed E-state index contributed by atoms with van der Waals surface area (Å²) < 4.78 is 0. The second-order valence-electron chi connectivity index (χ2n) is 3.33. The van der Waals surface area contributed by atoms with Gasteiger partial charge in [-0.3, -0.25) is 0 Å². The molecule has 0 aliphatic heterocycles. The number of allylic oxidation sites excluding steroid dienone is 1. The van der Waals surface area contributed by atoms with Crippen LogP contribution < -0.4 is 5.32 Å². The van der Waals surface area contributed by atoms with Crippen LogP contribution in [0.3, 0.4) is 0 Å². The Kier molecular flexibility index (Phi) is 3.14. The first-order valence-electron chi connectivity index (χ1n) is 4.33. The van der Waals surface area contributed by atoms with Gasteiger partial charge in [-0.25, -0.2) is 4.79 Å². The molecule has 1 atom stereocenters. The normalized spacial score (nSPS) is 22.0. The Hall–Kier alpha value is -0.990. The molecular formula is C9H16N2O. The van der Waals surface area contributed by atoms with Crippen molar-refractivity contribution in [2.24, 2.45) is 0 Å². The van der Waals surface area contributed by atoms with E-state index in [2.05, 4.69) is 17.5 Å². The zero-order valence-corrected chi connectivity index (χ0v) is 7.71. The molecule has 1 N–H and O–H groups in total. The van der Waals surface area contributed by atoms with Crippen LogP contribution in [0.4, 0.5) is 4.79 Å². The summed E-state index contributed by atoms with van der Waals surface area (Å²) in [6.07, 6.45) is 7.41. The fourth-order valence-electron chi connectivity index (χ4n) is 1.23. The van der Waals surface area contributed by atoms with E-state index in [1.807, 2.05) is 0 Å². The number of hydrogen-bond acceptors (Lipinski definition) is 1. The molecule has 0 fully saturated rings. The summed E-state index contributed by atoms with van der Waals surface area (Å²) in [5.74, 6) is 0. The highest BCUT2D eigenvalue weighted by Gasteiger charge is 2.13. The lowest BCUT2D eigenvalue weighted by Gasteiger charge is -2.21. The average molecular weight is 168 g/mol. The smallest absolute Gasteiger partial charge is 0.317 e. The van der Waals surface area contributed by atoms with Gasteiger partial charge in [0.05, 0.1) is 0 Å². The van der Waals surface area contributed by atoms with Crippen LogP contribution in [-0.4, -0.2) is 31.1 Å². The molecule has 1 aliphatic carbocycles. The number of nitrogens with one attached hydrogen (secondary N) is 1. The Bertz CT molecular complexity index is 187. The fraction of sp³-hybridized carbons (Fsp3) is 0.667. The van der Waals surface area contributed by atoms with Crippen LogP contribution in [-0.2, 0) is 0 Å². The molecule has 0 aromatic carbocycles. The van der Waals surface area contributed by atoms with E-state index in [4.69, 9.17) is 0 Å². The van der Waals surface area contributed by atoms with E-state index in [0.29, 0.717) is 6.04 Å². The van der Waals surface area contributed by atoms with Gasteiger partial charge in [-0.1, -0.05) is 12.2 Å². The molecule has 2 amide bonds. The van der Waals surface area contributed by atoms with Crippen molar-refractivity contribution in [2.45, 2.75) is 25.3 Å². The third-order valence-corrected chi connectivity index (χ3v) is 2.00. The van der Waals surface area contributed by atoms with Gasteiger partial charge in [0.1, 0.15) is 0 Å². The zero-order chi connectivity index (χ0) is 8.97. The minimum atomic E-state index is 0.00954. The van der Waals surface area contributed by atoms with Gasteiger partial charge < -0.3 is 10.2 Å². The molecule has 3 heteroatoms. The van der Waals surface area contributed by atoms with Gasteiger partial charge in [-0.2, -0.15) is 0 Å². The fourth-order valence-corrected chi connectivity index (χ4v) is 1.23. The Morgan fingerprint density at radius 2 is 2.25 bits per heavy atom. The Morgan fingerprint density at radius 1 is 1.50 bits per heavy atom. The molecule has 12 heavy (non-hydrogen) atoms. The predicted octanol–water partition coefficient (Wildman–Crippen LogP) is 1.37.